The van der Waals surface area contributed by atoms with Crippen molar-refractivity contribution in [2.75, 3.05) is 13.1 Å². The molecule has 7 heteroatoms. The van der Waals surface area contributed by atoms with Crippen LogP contribution in [-0.2, 0) is 10.3 Å². The van der Waals surface area contributed by atoms with E-state index in [0.717, 1.165) is 16.7 Å². The zero-order valence-corrected chi connectivity index (χ0v) is 17.8. The molecular weight excluding hydrogens is 428 g/mol. The summed E-state index contributed by atoms with van der Waals surface area (Å²) in [7, 11) is 0. The molecule has 0 radical (unpaired) electrons. The third-order valence-electron chi connectivity index (χ3n) is 6.12. The zero-order chi connectivity index (χ0) is 22.5. The van der Waals surface area contributed by atoms with E-state index in [1.54, 1.807) is 53.4 Å². The molecule has 1 saturated heterocycles. The fourth-order valence-electron chi connectivity index (χ4n) is 4.49. The van der Waals surface area contributed by atoms with Gasteiger partial charge in [-0.1, -0.05) is 48.0 Å². The molecule has 3 aromatic rings. The van der Waals surface area contributed by atoms with Crippen LogP contribution in [-0.4, -0.2) is 35.8 Å². The molecule has 2 N–H and O–H groups in total. The van der Waals surface area contributed by atoms with Gasteiger partial charge in [0.1, 0.15) is 0 Å². The Labute approximate surface area is 189 Å². The predicted molar refractivity (Wildman–Crippen MR) is 119 cm³/mol. The van der Waals surface area contributed by atoms with E-state index in [0.29, 0.717) is 34.7 Å². The first kappa shape index (κ1) is 20.3. The maximum absolute atomic E-state index is 13.2. The normalized spacial score (nSPS) is 19.2. The molecule has 0 aliphatic carbocycles. The van der Waals surface area contributed by atoms with E-state index in [-0.39, 0.29) is 18.4 Å². The van der Waals surface area contributed by atoms with Gasteiger partial charge in [0.2, 0.25) is 5.91 Å². The van der Waals surface area contributed by atoms with Gasteiger partial charge in [-0.05, 0) is 41.5 Å². The molecule has 0 aromatic heterocycles. The molecule has 2 aliphatic heterocycles. The molecule has 3 aromatic carbocycles. The second-order valence-corrected chi connectivity index (χ2v) is 8.45. The maximum atomic E-state index is 13.2. The minimum Gasteiger partial charge on any atom is -0.449 e. The van der Waals surface area contributed by atoms with Crippen LogP contribution in [0.3, 0.4) is 0 Å². The van der Waals surface area contributed by atoms with E-state index < -0.39 is 11.5 Å². The summed E-state index contributed by atoms with van der Waals surface area (Å²) >= 11 is 6.49. The number of fused-ring (bicyclic) bond motifs is 2. The Hall–Kier alpha value is -3.64. The third kappa shape index (κ3) is 3.24. The van der Waals surface area contributed by atoms with Crippen molar-refractivity contribution in [3.8, 4) is 11.1 Å². The first-order chi connectivity index (χ1) is 15.4. The van der Waals surface area contributed by atoms with Gasteiger partial charge < -0.3 is 15.4 Å². The lowest BCUT2D eigenvalue weighted by Crippen LogP contribution is -2.34. The Morgan fingerprint density at radius 2 is 1.78 bits per heavy atom. The molecule has 32 heavy (non-hydrogen) atoms. The van der Waals surface area contributed by atoms with Crippen molar-refractivity contribution in [2.24, 2.45) is 5.73 Å². The molecule has 0 saturated carbocycles. The van der Waals surface area contributed by atoms with Crippen LogP contribution in [0.5, 0.6) is 0 Å². The van der Waals surface area contributed by atoms with E-state index in [1.807, 2.05) is 18.2 Å². The van der Waals surface area contributed by atoms with Crippen molar-refractivity contribution in [3.05, 3.63) is 94.0 Å². The number of amides is 2. The number of halogens is 1. The van der Waals surface area contributed by atoms with Gasteiger partial charge in [0.05, 0.1) is 22.7 Å². The van der Waals surface area contributed by atoms with Gasteiger partial charge in [0, 0.05) is 24.1 Å². The van der Waals surface area contributed by atoms with Crippen LogP contribution in [0.1, 0.15) is 43.1 Å². The second kappa shape index (κ2) is 7.50. The van der Waals surface area contributed by atoms with E-state index in [1.165, 1.54) is 0 Å². The van der Waals surface area contributed by atoms with Crippen molar-refractivity contribution in [1.29, 1.82) is 0 Å². The average Bonchev–Trinajstić information content (AvgIpc) is 3.35. The Kier molecular flexibility index (Phi) is 4.75. The summed E-state index contributed by atoms with van der Waals surface area (Å²) in [6.45, 7) is 0.743. The van der Waals surface area contributed by atoms with Crippen molar-refractivity contribution < 1.29 is 19.1 Å². The molecule has 1 atom stereocenters. The zero-order valence-electron chi connectivity index (χ0n) is 17.0. The van der Waals surface area contributed by atoms with E-state index >= 15 is 0 Å². The van der Waals surface area contributed by atoms with Gasteiger partial charge >= 0.3 is 5.97 Å². The van der Waals surface area contributed by atoms with E-state index in [2.05, 4.69) is 0 Å². The number of nitrogens with zero attached hydrogens (tertiary/aromatic N) is 1. The first-order valence-corrected chi connectivity index (χ1v) is 10.6. The predicted octanol–water partition coefficient (Wildman–Crippen LogP) is 4.02. The highest BCUT2D eigenvalue weighted by molar-refractivity contribution is 6.34. The van der Waals surface area contributed by atoms with Gasteiger partial charge in [0.15, 0.2) is 5.60 Å². The van der Waals surface area contributed by atoms with E-state index in [4.69, 9.17) is 22.1 Å². The summed E-state index contributed by atoms with van der Waals surface area (Å²) < 4.78 is 5.73. The van der Waals surface area contributed by atoms with Crippen molar-refractivity contribution in [2.45, 2.75) is 12.0 Å². The molecule has 5 rings (SSSR count). The maximum Gasteiger partial charge on any atom is 0.339 e. The van der Waals surface area contributed by atoms with Crippen LogP contribution >= 0.6 is 11.6 Å². The number of hydrogen-bond donors (Lipinski definition) is 1. The minimum atomic E-state index is -0.801. The number of carbonyl (C=O) groups excluding carboxylic acids is 3. The lowest BCUT2D eigenvalue weighted by molar-refractivity contribution is -0.00306. The molecule has 1 fully saturated rings. The summed E-state index contributed by atoms with van der Waals surface area (Å²) in [4.78, 5) is 38.7. The minimum absolute atomic E-state index is 0.218. The SMILES string of the molecule is NC(=O)c1cccc(-c2ccc(C(=O)N3CC[C@@]4(C3)OC(=O)c3ccccc34)c(Cl)c2)c1. The second-order valence-electron chi connectivity index (χ2n) is 8.05. The topological polar surface area (TPSA) is 89.7 Å². The third-order valence-corrected chi connectivity index (χ3v) is 6.44. The quantitative estimate of drug-likeness (QED) is 0.615. The highest BCUT2D eigenvalue weighted by Gasteiger charge is 2.51. The number of nitrogens with two attached hydrogens (primary N) is 1. The summed E-state index contributed by atoms with van der Waals surface area (Å²) in [5, 5.41) is 0.307. The number of likely N-dealkylation sites (tertiary alicyclic amines) is 1. The average molecular weight is 447 g/mol. The summed E-state index contributed by atoms with van der Waals surface area (Å²) in [5.74, 6) is -1.08. The first-order valence-electron chi connectivity index (χ1n) is 10.2. The Balaban J connectivity index is 1.40. The summed E-state index contributed by atoms with van der Waals surface area (Å²) in [5.41, 5.74) is 8.26. The fraction of sp³-hybridized carbons (Fsp3) is 0.160. The number of carbonyl (C=O) groups is 3. The molecule has 1 spiro atoms. The van der Waals surface area contributed by atoms with E-state index in [9.17, 15) is 14.4 Å². The van der Waals surface area contributed by atoms with Gasteiger partial charge in [0.25, 0.3) is 5.91 Å². The Morgan fingerprint density at radius 3 is 2.56 bits per heavy atom. The highest BCUT2D eigenvalue weighted by atomic mass is 35.5. The molecule has 2 amide bonds. The van der Waals surface area contributed by atoms with Crippen LogP contribution in [0, 0.1) is 0 Å². The lowest BCUT2D eigenvalue weighted by Gasteiger charge is -2.24. The number of primary amides is 1. The Morgan fingerprint density at radius 1 is 1.00 bits per heavy atom. The molecule has 0 bridgehead atoms. The van der Waals surface area contributed by atoms with Crippen LogP contribution in [0.4, 0.5) is 0 Å². The molecule has 2 heterocycles. The molecular formula is C25H19ClN2O4. The number of ether oxygens (including phenoxy) is 1. The number of hydrogen-bond acceptors (Lipinski definition) is 4. The molecule has 160 valence electrons. The molecule has 6 nitrogen and oxygen atoms in total. The summed E-state index contributed by atoms with van der Waals surface area (Å²) in [6.07, 6.45) is 0.539. The molecule has 0 unspecified atom stereocenters. The summed E-state index contributed by atoms with van der Waals surface area (Å²) in [6, 6.07) is 19.4. The van der Waals surface area contributed by atoms with Crippen LogP contribution in [0.2, 0.25) is 5.02 Å². The van der Waals surface area contributed by atoms with Crippen LogP contribution < -0.4 is 5.73 Å². The Bertz CT molecular complexity index is 1290. The standard InChI is InChI=1S/C25H19ClN2O4/c26-21-13-16(15-4-3-5-17(12-15)22(27)29)8-9-19(21)23(30)28-11-10-25(14-28)20-7-2-1-6-18(20)24(31)32-25/h1-9,12-13H,10-11,14H2,(H2,27,29)/t25-/m0/s1. The van der Waals surface area contributed by atoms with Gasteiger partial charge in [-0.25, -0.2) is 4.79 Å². The fourth-order valence-corrected chi connectivity index (χ4v) is 4.76. The molecule has 2 aliphatic rings. The smallest absolute Gasteiger partial charge is 0.339 e. The number of esters is 1. The monoisotopic (exact) mass is 446 g/mol. The highest BCUT2D eigenvalue weighted by Crippen LogP contribution is 2.43. The largest absolute Gasteiger partial charge is 0.449 e. The van der Waals surface area contributed by atoms with Crippen molar-refractivity contribution in [3.63, 3.8) is 0 Å². The number of rotatable bonds is 3. The van der Waals surface area contributed by atoms with Crippen molar-refractivity contribution >= 4 is 29.4 Å². The number of benzene rings is 3. The van der Waals surface area contributed by atoms with Gasteiger partial charge in [-0.15, -0.1) is 0 Å². The van der Waals surface area contributed by atoms with Crippen LogP contribution in [0.15, 0.2) is 66.7 Å². The van der Waals surface area contributed by atoms with Gasteiger partial charge in [-0.2, -0.15) is 0 Å². The van der Waals surface area contributed by atoms with Gasteiger partial charge in [-0.3, -0.25) is 9.59 Å². The lowest BCUT2D eigenvalue weighted by atomic mass is 9.91. The van der Waals surface area contributed by atoms with Crippen molar-refractivity contribution in [1.82, 2.24) is 4.90 Å². The van der Waals surface area contributed by atoms with Crippen LogP contribution in [0.25, 0.3) is 11.1 Å².